The largest absolute Gasteiger partial charge is 0.465 e. The third-order valence-corrected chi connectivity index (χ3v) is 2.87. The van der Waals surface area contributed by atoms with E-state index in [9.17, 15) is 9.90 Å². The van der Waals surface area contributed by atoms with Gasteiger partial charge in [0.25, 0.3) is 0 Å². The maximum atomic E-state index is 11.3. The first-order valence-electron chi connectivity index (χ1n) is 6.06. The lowest BCUT2D eigenvalue weighted by Crippen LogP contribution is -2.01. The van der Waals surface area contributed by atoms with Crippen LogP contribution in [0.3, 0.4) is 0 Å². The number of aliphatic hydroxyl groups excluding tert-OH is 1. The number of benzene rings is 1. The average Bonchev–Trinajstić information content (AvgIpc) is 2.49. The molecule has 1 aromatic heterocycles. The average molecular weight is 273 g/mol. The number of aromatic nitrogens is 1. The molecular formula is C15H15NO4. The summed E-state index contributed by atoms with van der Waals surface area (Å²) in [5, 5.41) is 9.21. The summed E-state index contributed by atoms with van der Waals surface area (Å²) in [7, 11) is 1.31. The van der Waals surface area contributed by atoms with Gasteiger partial charge in [-0.25, -0.2) is 9.78 Å². The Balaban J connectivity index is 2.16. The zero-order chi connectivity index (χ0) is 14.5. The Kier molecular flexibility index (Phi) is 4.32. The molecule has 0 aliphatic carbocycles. The molecule has 104 valence electrons. The van der Waals surface area contributed by atoms with E-state index in [1.54, 1.807) is 24.3 Å². The Morgan fingerprint density at radius 2 is 2.10 bits per heavy atom. The SMILES string of the molecule is COC(=O)c1ccc(Oc2ccc(C)c(CO)c2)nc1. The molecule has 20 heavy (non-hydrogen) atoms. The fourth-order valence-electron chi connectivity index (χ4n) is 1.68. The number of rotatable bonds is 4. The van der Waals surface area contributed by atoms with Gasteiger partial charge in [0.05, 0.1) is 19.3 Å². The molecule has 0 bridgehead atoms. The third-order valence-electron chi connectivity index (χ3n) is 2.87. The van der Waals surface area contributed by atoms with E-state index in [1.807, 2.05) is 13.0 Å². The predicted octanol–water partition coefficient (Wildman–Crippen LogP) is 2.46. The minimum Gasteiger partial charge on any atom is -0.465 e. The van der Waals surface area contributed by atoms with Crippen molar-refractivity contribution in [1.29, 1.82) is 0 Å². The highest BCUT2D eigenvalue weighted by atomic mass is 16.5. The van der Waals surface area contributed by atoms with E-state index in [0.717, 1.165) is 11.1 Å². The van der Waals surface area contributed by atoms with Crippen LogP contribution < -0.4 is 4.74 Å². The van der Waals surface area contributed by atoms with Crippen LogP contribution in [-0.2, 0) is 11.3 Å². The van der Waals surface area contributed by atoms with Crippen molar-refractivity contribution >= 4 is 5.97 Å². The van der Waals surface area contributed by atoms with Gasteiger partial charge in [0.15, 0.2) is 0 Å². The highest BCUT2D eigenvalue weighted by Gasteiger charge is 2.07. The summed E-state index contributed by atoms with van der Waals surface area (Å²) in [6.07, 6.45) is 1.39. The standard InChI is InChI=1S/C15H15NO4/c1-10-3-5-13(7-12(10)9-17)20-14-6-4-11(8-16-14)15(18)19-2/h3-8,17H,9H2,1-2H3. The molecule has 0 aliphatic rings. The van der Waals surface area contributed by atoms with Gasteiger partial charge in [-0.1, -0.05) is 6.07 Å². The molecule has 0 saturated heterocycles. The number of hydrogen-bond donors (Lipinski definition) is 1. The Bertz CT molecular complexity index is 608. The Morgan fingerprint density at radius 3 is 2.70 bits per heavy atom. The molecule has 0 saturated carbocycles. The molecule has 0 fully saturated rings. The first-order chi connectivity index (χ1) is 9.63. The number of pyridine rings is 1. The van der Waals surface area contributed by atoms with Crippen molar-refractivity contribution in [3.8, 4) is 11.6 Å². The van der Waals surface area contributed by atoms with E-state index in [4.69, 9.17) is 4.74 Å². The van der Waals surface area contributed by atoms with Crippen molar-refractivity contribution in [2.45, 2.75) is 13.5 Å². The molecule has 5 nitrogen and oxygen atoms in total. The topological polar surface area (TPSA) is 68.7 Å². The zero-order valence-electron chi connectivity index (χ0n) is 11.3. The van der Waals surface area contributed by atoms with Gasteiger partial charge in [-0.05, 0) is 36.2 Å². The van der Waals surface area contributed by atoms with Crippen LogP contribution in [0.25, 0.3) is 0 Å². The highest BCUT2D eigenvalue weighted by Crippen LogP contribution is 2.22. The zero-order valence-corrected chi connectivity index (χ0v) is 11.3. The van der Waals surface area contributed by atoms with Crippen LogP contribution in [0.2, 0.25) is 0 Å². The first-order valence-corrected chi connectivity index (χ1v) is 6.06. The quantitative estimate of drug-likeness (QED) is 0.867. The molecule has 0 amide bonds. The Labute approximate surface area is 116 Å². The number of esters is 1. The number of methoxy groups -OCH3 is 1. The monoisotopic (exact) mass is 273 g/mol. The van der Waals surface area contributed by atoms with E-state index < -0.39 is 5.97 Å². The van der Waals surface area contributed by atoms with E-state index in [2.05, 4.69) is 9.72 Å². The number of ether oxygens (including phenoxy) is 2. The van der Waals surface area contributed by atoms with Crippen molar-refractivity contribution in [2.24, 2.45) is 0 Å². The second-order valence-electron chi connectivity index (χ2n) is 4.23. The number of hydrogen-bond acceptors (Lipinski definition) is 5. The van der Waals surface area contributed by atoms with Gasteiger partial charge in [0.2, 0.25) is 5.88 Å². The summed E-state index contributed by atoms with van der Waals surface area (Å²) in [5.41, 5.74) is 2.15. The predicted molar refractivity (Wildman–Crippen MR) is 72.8 cm³/mol. The molecule has 5 heteroatoms. The number of aliphatic hydroxyl groups is 1. The van der Waals surface area contributed by atoms with Gasteiger partial charge in [-0.3, -0.25) is 0 Å². The molecular weight excluding hydrogens is 258 g/mol. The number of aryl methyl sites for hydroxylation is 1. The summed E-state index contributed by atoms with van der Waals surface area (Å²) >= 11 is 0. The molecule has 1 N–H and O–H groups in total. The minimum absolute atomic E-state index is 0.0439. The van der Waals surface area contributed by atoms with Crippen LogP contribution in [0, 0.1) is 6.92 Å². The Hall–Kier alpha value is -2.40. The normalized spacial score (nSPS) is 10.2. The second-order valence-corrected chi connectivity index (χ2v) is 4.23. The van der Waals surface area contributed by atoms with Crippen LogP contribution in [0.15, 0.2) is 36.5 Å². The lowest BCUT2D eigenvalue weighted by molar-refractivity contribution is 0.0600. The lowest BCUT2D eigenvalue weighted by Gasteiger charge is -2.08. The highest BCUT2D eigenvalue weighted by molar-refractivity contribution is 5.88. The molecule has 2 rings (SSSR count). The number of nitrogens with zero attached hydrogens (tertiary/aromatic N) is 1. The van der Waals surface area contributed by atoms with E-state index >= 15 is 0 Å². The van der Waals surface area contributed by atoms with E-state index in [0.29, 0.717) is 17.2 Å². The van der Waals surface area contributed by atoms with Crippen LogP contribution in [0.4, 0.5) is 0 Å². The summed E-state index contributed by atoms with van der Waals surface area (Å²) in [6, 6.07) is 8.58. The molecule has 1 heterocycles. The Morgan fingerprint density at radius 1 is 1.30 bits per heavy atom. The molecule has 0 aliphatic heterocycles. The van der Waals surface area contributed by atoms with Crippen LogP contribution in [0.5, 0.6) is 11.6 Å². The summed E-state index contributed by atoms with van der Waals surface area (Å²) < 4.78 is 10.2. The summed E-state index contributed by atoms with van der Waals surface area (Å²) in [5.74, 6) is 0.505. The molecule has 0 radical (unpaired) electrons. The number of carbonyl (C=O) groups is 1. The maximum Gasteiger partial charge on any atom is 0.339 e. The first kappa shape index (κ1) is 14.0. The smallest absolute Gasteiger partial charge is 0.339 e. The van der Waals surface area contributed by atoms with Crippen LogP contribution >= 0.6 is 0 Å². The summed E-state index contributed by atoms with van der Waals surface area (Å²) in [6.45, 7) is 1.87. The van der Waals surface area contributed by atoms with Crippen LogP contribution in [-0.4, -0.2) is 23.2 Å². The lowest BCUT2D eigenvalue weighted by atomic mass is 10.1. The van der Waals surface area contributed by atoms with Crippen molar-refractivity contribution < 1.29 is 19.4 Å². The van der Waals surface area contributed by atoms with Gasteiger partial charge in [0, 0.05) is 12.3 Å². The second kappa shape index (κ2) is 6.16. The molecule has 1 aromatic carbocycles. The summed E-state index contributed by atoms with van der Waals surface area (Å²) in [4.78, 5) is 15.3. The fourth-order valence-corrected chi connectivity index (χ4v) is 1.68. The van der Waals surface area contributed by atoms with Crippen molar-refractivity contribution in [1.82, 2.24) is 4.98 Å². The molecule has 0 atom stereocenters. The maximum absolute atomic E-state index is 11.3. The van der Waals surface area contributed by atoms with Gasteiger partial charge in [0.1, 0.15) is 5.75 Å². The van der Waals surface area contributed by atoms with Gasteiger partial charge in [-0.15, -0.1) is 0 Å². The van der Waals surface area contributed by atoms with E-state index in [1.165, 1.54) is 13.3 Å². The number of carbonyl (C=O) groups excluding carboxylic acids is 1. The van der Waals surface area contributed by atoms with Crippen LogP contribution in [0.1, 0.15) is 21.5 Å². The molecule has 0 spiro atoms. The molecule has 0 unspecified atom stereocenters. The van der Waals surface area contributed by atoms with Crippen molar-refractivity contribution in [3.05, 3.63) is 53.2 Å². The van der Waals surface area contributed by atoms with Gasteiger partial charge >= 0.3 is 5.97 Å². The fraction of sp³-hybridized carbons (Fsp3) is 0.200. The molecule has 2 aromatic rings. The van der Waals surface area contributed by atoms with Gasteiger partial charge in [-0.2, -0.15) is 0 Å². The minimum atomic E-state index is -0.443. The van der Waals surface area contributed by atoms with Gasteiger partial charge < -0.3 is 14.6 Å². The van der Waals surface area contributed by atoms with Crippen molar-refractivity contribution in [2.75, 3.05) is 7.11 Å². The van der Waals surface area contributed by atoms with Crippen molar-refractivity contribution in [3.63, 3.8) is 0 Å². The van der Waals surface area contributed by atoms with E-state index in [-0.39, 0.29) is 6.61 Å². The third kappa shape index (κ3) is 3.13.